The van der Waals surface area contributed by atoms with Crippen molar-refractivity contribution in [3.05, 3.63) is 53.2 Å². The normalized spacial score (nSPS) is 9.60. The molecule has 1 aromatic carbocycles. The minimum absolute atomic E-state index is 0.396. The molecule has 1 heterocycles. The van der Waals surface area contributed by atoms with E-state index in [1.54, 1.807) is 18.2 Å². The van der Waals surface area contributed by atoms with Crippen LogP contribution < -0.4 is 0 Å². The fraction of sp³-hybridized carbons (Fsp3) is 0. The summed E-state index contributed by atoms with van der Waals surface area (Å²) in [4.78, 5) is 4.18. The molecule has 15 heavy (non-hydrogen) atoms. The Bertz CT molecular complexity index is 529. The average molecular weight is 215 g/mol. The third kappa shape index (κ3) is 1.98. The van der Waals surface area contributed by atoms with Crippen molar-refractivity contribution in [2.45, 2.75) is 0 Å². The summed E-state index contributed by atoms with van der Waals surface area (Å²) in [5.41, 5.74) is 1.96. The highest BCUT2D eigenvalue weighted by atomic mass is 35.5. The highest BCUT2D eigenvalue weighted by Crippen LogP contribution is 2.25. The first-order valence-corrected chi connectivity index (χ1v) is 4.81. The first kappa shape index (κ1) is 9.70. The third-order valence-electron chi connectivity index (χ3n) is 2.01. The van der Waals surface area contributed by atoms with E-state index < -0.39 is 0 Å². The molecule has 2 rings (SSSR count). The number of nitrogens with zero attached hydrogens (tertiary/aromatic N) is 2. The van der Waals surface area contributed by atoms with Gasteiger partial charge in [-0.3, -0.25) is 0 Å². The molecule has 0 aliphatic carbocycles. The van der Waals surface area contributed by atoms with Crippen LogP contribution in [-0.2, 0) is 0 Å². The minimum Gasteiger partial charge on any atom is -0.237 e. The molecule has 0 amide bonds. The molecular weight excluding hydrogens is 208 g/mol. The molecule has 72 valence electrons. The Labute approximate surface area is 92.8 Å². The molecule has 2 aromatic rings. The maximum Gasteiger partial charge on any atom is 0.141 e. The fourth-order valence-corrected chi connectivity index (χ4v) is 1.55. The molecule has 0 bridgehead atoms. The zero-order valence-corrected chi connectivity index (χ0v) is 8.57. The Hall–Kier alpha value is -1.85. The van der Waals surface area contributed by atoms with Gasteiger partial charge < -0.3 is 0 Å². The van der Waals surface area contributed by atoms with Gasteiger partial charge in [-0.25, -0.2) is 4.98 Å². The van der Waals surface area contributed by atoms with E-state index in [1.807, 2.05) is 30.3 Å². The topological polar surface area (TPSA) is 36.7 Å². The van der Waals surface area contributed by atoms with Crippen molar-refractivity contribution in [3.63, 3.8) is 0 Å². The lowest BCUT2D eigenvalue weighted by molar-refractivity contribution is 1.27. The van der Waals surface area contributed by atoms with E-state index in [0.717, 1.165) is 11.3 Å². The van der Waals surface area contributed by atoms with Gasteiger partial charge in [-0.2, -0.15) is 5.26 Å². The monoisotopic (exact) mass is 214 g/mol. The second-order valence-corrected chi connectivity index (χ2v) is 3.41. The molecular formula is C12H7ClN2. The van der Waals surface area contributed by atoms with E-state index in [1.165, 1.54) is 0 Å². The van der Waals surface area contributed by atoms with Gasteiger partial charge in [0.25, 0.3) is 0 Å². The Balaban J connectivity index is 2.55. The van der Waals surface area contributed by atoms with Gasteiger partial charge in [0, 0.05) is 10.6 Å². The Morgan fingerprint density at radius 3 is 2.60 bits per heavy atom. The van der Waals surface area contributed by atoms with Gasteiger partial charge in [0.15, 0.2) is 0 Å². The molecule has 0 saturated heterocycles. The second kappa shape index (κ2) is 4.12. The molecule has 0 unspecified atom stereocenters. The van der Waals surface area contributed by atoms with Crippen LogP contribution in [0.1, 0.15) is 5.69 Å². The van der Waals surface area contributed by atoms with Crippen molar-refractivity contribution in [2.75, 3.05) is 0 Å². The van der Waals surface area contributed by atoms with E-state index in [4.69, 9.17) is 16.9 Å². The number of aromatic nitrogens is 1. The lowest BCUT2D eigenvalue weighted by Gasteiger charge is -2.02. The SMILES string of the molecule is N#Cc1cccc(-c2ccccc2Cl)n1. The summed E-state index contributed by atoms with van der Waals surface area (Å²) in [6.07, 6.45) is 0. The first-order chi connectivity index (χ1) is 7.31. The van der Waals surface area contributed by atoms with Crippen LogP contribution in [0.5, 0.6) is 0 Å². The summed E-state index contributed by atoms with van der Waals surface area (Å²) < 4.78 is 0. The highest BCUT2D eigenvalue weighted by Gasteiger charge is 2.03. The largest absolute Gasteiger partial charge is 0.237 e. The molecule has 0 spiro atoms. The standard InChI is InChI=1S/C12H7ClN2/c13-11-6-2-1-5-10(11)12-7-3-4-9(8-14)15-12/h1-7H. The maximum absolute atomic E-state index is 8.73. The van der Waals surface area contributed by atoms with Gasteiger partial charge in [-0.1, -0.05) is 35.9 Å². The number of nitriles is 1. The number of pyridine rings is 1. The predicted octanol–water partition coefficient (Wildman–Crippen LogP) is 3.27. The average Bonchev–Trinajstić information content (AvgIpc) is 2.30. The number of hydrogen-bond acceptors (Lipinski definition) is 2. The van der Waals surface area contributed by atoms with Gasteiger partial charge in [0.1, 0.15) is 11.8 Å². The third-order valence-corrected chi connectivity index (χ3v) is 2.34. The van der Waals surface area contributed by atoms with Crippen LogP contribution in [0.3, 0.4) is 0 Å². The van der Waals surface area contributed by atoms with Crippen LogP contribution in [0, 0.1) is 11.3 Å². The summed E-state index contributed by atoms with van der Waals surface area (Å²) in [5, 5.41) is 9.37. The number of rotatable bonds is 1. The lowest BCUT2D eigenvalue weighted by Crippen LogP contribution is -1.87. The number of benzene rings is 1. The van der Waals surface area contributed by atoms with Crippen LogP contribution in [-0.4, -0.2) is 4.98 Å². The number of hydrogen-bond donors (Lipinski definition) is 0. The predicted molar refractivity (Wildman–Crippen MR) is 59.4 cm³/mol. The molecule has 0 aliphatic heterocycles. The van der Waals surface area contributed by atoms with Gasteiger partial charge >= 0.3 is 0 Å². The number of halogens is 1. The van der Waals surface area contributed by atoms with Crippen LogP contribution in [0.25, 0.3) is 11.3 Å². The summed E-state index contributed by atoms with van der Waals surface area (Å²) in [5.74, 6) is 0. The van der Waals surface area contributed by atoms with E-state index in [0.29, 0.717) is 10.7 Å². The molecule has 0 N–H and O–H groups in total. The van der Waals surface area contributed by atoms with Crippen LogP contribution in [0.4, 0.5) is 0 Å². The van der Waals surface area contributed by atoms with E-state index in [9.17, 15) is 0 Å². The molecule has 3 heteroatoms. The lowest BCUT2D eigenvalue weighted by atomic mass is 10.1. The summed E-state index contributed by atoms with van der Waals surface area (Å²) in [6, 6.07) is 14.7. The molecule has 0 radical (unpaired) electrons. The van der Waals surface area contributed by atoms with E-state index in [2.05, 4.69) is 4.98 Å². The van der Waals surface area contributed by atoms with Crippen molar-refractivity contribution in [1.82, 2.24) is 4.98 Å². The summed E-state index contributed by atoms with van der Waals surface area (Å²) in [6.45, 7) is 0. The van der Waals surface area contributed by atoms with Gasteiger partial charge in [-0.15, -0.1) is 0 Å². The van der Waals surface area contributed by atoms with Crippen molar-refractivity contribution >= 4 is 11.6 Å². The van der Waals surface area contributed by atoms with Crippen molar-refractivity contribution < 1.29 is 0 Å². The first-order valence-electron chi connectivity index (χ1n) is 4.43. The quantitative estimate of drug-likeness (QED) is 0.731. The second-order valence-electron chi connectivity index (χ2n) is 3.00. The maximum atomic E-state index is 8.73. The Morgan fingerprint density at radius 2 is 1.87 bits per heavy atom. The Kier molecular flexibility index (Phi) is 2.66. The van der Waals surface area contributed by atoms with Gasteiger partial charge in [0.05, 0.1) is 5.69 Å². The van der Waals surface area contributed by atoms with Crippen molar-refractivity contribution in [3.8, 4) is 17.3 Å². The molecule has 1 aromatic heterocycles. The molecule has 0 aliphatic rings. The zero-order chi connectivity index (χ0) is 10.7. The molecule has 0 saturated carbocycles. The summed E-state index contributed by atoms with van der Waals surface area (Å²) >= 11 is 6.03. The molecule has 0 atom stereocenters. The molecule has 0 fully saturated rings. The van der Waals surface area contributed by atoms with Crippen molar-refractivity contribution in [2.24, 2.45) is 0 Å². The molecule has 2 nitrogen and oxygen atoms in total. The van der Waals surface area contributed by atoms with E-state index >= 15 is 0 Å². The highest BCUT2D eigenvalue weighted by molar-refractivity contribution is 6.33. The summed E-state index contributed by atoms with van der Waals surface area (Å²) in [7, 11) is 0. The van der Waals surface area contributed by atoms with Gasteiger partial charge in [0.2, 0.25) is 0 Å². The fourth-order valence-electron chi connectivity index (χ4n) is 1.32. The van der Waals surface area contributed by atoms with Crippen molar-refractivity contribution in [1.29, 1.82) is 5.26 Å². The van der Waals surface area contributed by atoms with Crippen LogP contribution in [0.15, 0.2) is 42.5 Å². The smallest absolute Gasteiger partial charge is 0.141 e. The minimum atomic E-state index is 0.396. The van der Waals surface area contributed by atoms with E-state index in [-0.39, 0.29) is 0 Å². The zero-order valence-electron chi connectivity index (χ0n) is 7.81. The Morgan fingerprint density at radius 1 is 1.07 bits per heavy atom. The van der Waals surface area contributed by atoms with Crippen LogP contribution >= 0.6 is 11.6 Å². The van der Waals surface area contributed by atoms with Gasteiger partial charge in [-0.05, 0) is 18.2 Å². The van der Waals surface area contributed by atoms with Crippen LogP contribution in [0.2, 0.25) is 5.02 Å².